The summed E-state index contributed by atoms with van der Waals surface area (Å²) in [6, 6.07) is 0. The molecule has 0 aromatic carbocycles. The molecule has 0 atom stereocenters. The van der Waals surface area contributed by atoms with Crippen LogP contribution in [0.5, 0.6) is 5.88 Å². The van der Waals surface area contributed by atoms with E-state index in [1.807, 2.05) is 0 Å². The van der Waals surface area contributed by atoms with Gasteiger partial charge in [-0.2, -0.15) is 4.98 Å². The molecular formula is C9H13N3O2. The number of aromatic nitrogens is 2. The first-order chi connectivity index (χ1) is 6.69. The number of methoxy groups -OCH3 is 1. The molecule has 14 heavy (non-hydrogen) atoms. The topological polar surface area (TPSA) is 78.1 Å². The van der Waals surface area contributed by atoms with E-state index in [0.29, 0.717) is 23.8 Å². The summed E-state index contributed by atoms with van der Waals surface area (Å²) in [5.74, 6) is 0.798. The Hall–Kier alpha value is -1.49. The van der Waals surface area contributed by atoms with E-state index in [0.717, 1.165) is 0 Å². The number of ether oxygens (including phenoxy) is 1. The molecule has 2 N–H and O–H groups in total. The number of Topliss-reactive ketones (excluding diaryl/α,β-unsaturated/α-hetero) is 1. The van der Waals surface area contributed by atoms with Gasteiger partial charge in [0.2, 0.25) is 5.88 Å². The Balaban J connectivity index is 3.01. The van der Waals surface area contributed by atoms with Gasteiger partial charge in [0.05, 0.1) is 12.7 Å². The Morgan fingerprint density at radius 2 is 2.36 bits per heavy atom. The van der Waals surface area contributed by atoms with Crippen LogP contribution in [-0.2, 0) is 0 Å². The SMILES string of the molecule is COc1nc(C)ncc1C(=O)CCN. The number of hydrogen-bond donors (Lipinski definition) is 1. The first kappa shape index (κ1) is 10.6. The highest BCUT2D eigenvalue weighted by Gasteiger charge is 2.13. The lowest BCUT2D eigenvalue weighted by Crippen LogP contribution is -2.11. The van der Waals surface area contributed by atoms with Crippen LogP contribution in [0.25, 0.3) is 0 Å². The Bertz CT molecular complexity index is 339. The van der Waals surface area contributed by atoms with E-state index < -0.39 is 0 Å². The molecule has 1 rings (SSSR count). The Morgan fingerprint density at radius 1 is 1.64 bits per heavy atom. The molecule has 0 bridgehead atoms. The highest BCUT2D eigenvalue weighted by Crippen LogP contribution is 2.15. The van der Waals surface area contributed by atoms with E-state index in [-0.39, 0.29) is 12.2 Å². The van der Waals surface area contributed by atoms with E-state index in [2.05, 4.69) is 9.97 Å². The lowest BCUT2D eigenvalue weighted by atomic mass is 10.1. The number of nitrogens with zero attached hydrogens (tertiary/aromatic N) is 2. The van der Waals surface area contributed by atoms with Crippen molar-refractivity contribution in [2.24, 2.45) is 5.73 Å². The molecule has 0 aliphatic heterocycles. The number of nitrogens with two attached hydrogens (primary N) is 1. The number of carbonyl (C=O) groups excluding carboxylic acids is 1. The third-order valence-electron chi connectivity index (χ3n) is 1.74. The van der Waals surface area contributed by atoms with E-state index >= 15 is 0 Å². The molecule has 1 heterocycles. The van der Waals surface area contributed by atoms with E-state index in [4.69, 9.17) is 10.5 Å². The van der Waals surface area contributed by atoms with E-state index in [1.165, 1.54) is 13.3 Å². The average Bonchev–Trinajstić information content (AvgIpc) is 2.17. The summed E-state index contributed by atoms with van der Waals surface area (Å²) in [5.41, 5.74) is 5.68. The highest BCUT2D eigenvalue weighted by atomic mass is 16.5. The molecule has 0 aliphatic rings. The second-order valence-electron chi connectivity index (χ2n) is 2.80. The number of rotatable bonds is 4. The molecule has 76 valence electrons. The van der Waals surface area contributed by atoms with Gasteiger partial charge in [-0.05, 0) is 13.5 Å². The summed E-state index contributed by atoms with van der Waals surface area (Å²) in [6.45, 7) is 2.05. The van der Waals surface area contributed by atoms with Crippen LogP contribution in [0.4, 0.5) is 0 Å². The van der Waals surface area contributed by atoms with Gasteiger partial charge < -0.3 is 10.5 Å². The van der Waals surface area contributed by atoms with Gasteiger partial charge in [0.15, 0.2) is 5.78 Å². The average molecular weight is 195 g/mol. The highest BCUT2D eigenvalue weighted by molar-refractivity contribution is 5.97. The van der Waals surface area contributed by atoms with Crippen LogP contribution in [0, 0.1) is 6.92 Å². The van der Waals surface area contributed by atoms with Crippen LogP contribution in [0.2, 0.25) is 0 Å². The normalized spacial score (nSPS) is 9.93. The molecule has 1 aromatic rings. The standard InChI is InChI=1S/C9H13N3O2/c1-6-11-5-7(8(13)3-4-10)9(12-6)14-2/h5H,3-4,10H2,1-2H3. The molecular weight excluding hydrogens is 182 g/mol. The summed E-state index contributed by atoms with van der Waals surface area (Å²) >= 11 is 0. The molecule has 5 nitrogen and oxygen atoms in total. The molecule has 5 heteroatoms. The largest absolute Gasteiger partial charge is 0.480 e. The fraction of sp³-hybridized carbons (Fsp3) is 0.444. The van der Waals surface area contributed by atoms with Crippen molar-refractivity contribution in [3.8, 4) is 5.88 Å². The van der Waals surface area contributed by atoms with Crippen LogP contribution in [0.15, 0.2) is 6.20 Å². The van der Waals surface area contributed by atoms with E-state index in [1.54, 1.807) is 6.92 Å². The van der Waals surface area contributed by atoms with Gasteiger partial charge in [-0.25, -0.2) is 4.98 Å². The van der Waals surface area contributed by atoms with Gasteiger partial charge in [0.25, 0.3) is 0 Å². The van der Waals surface area contributed by atoms with Crippen molar-refractivity contribution < 1.29 is 9.53 Å². The summed E-state index contributed by atoms with van der Waals surface area (Å²) in [7, 11) is 1.47. The van der Waals surface area contributed by atoms with Crippen molar-refractivity contribution in [2.45, 2.75) is 13.3 Å². The first-order valence-corrected chi connectivity index (χ1v) is 4.30. The second-order valence-corrected chi connectivity index (χ2v) is 2.80. The quantitative estimate of drug-likeness (QED) is 0.700. The number of carbonyl (C=O) groups is 1. The maximum Gasteiger partial charge on any atom is 0.227 e. The van der Waals surface area contributed by atoms with Gasteiger partial charge in [0.1, 0.15) is 5.82 Å². The van der Waals surface area contributed by atoms with Crippen molar-refractivity contribution in [1.82, 2.24) is 9.97 Å². The fourth-order valence-electron chi connectivity index (χ4n) is 1.06. The van der Waals surface area contributed by atoms with Gasteiger partial charge in [-0.3, -0.25) is 4.79 Å². The Kier molecular flexibility index (Phi) is 3.53. The summed E-state index contributed by atoms with van der Waals surface area (Å²) < 4.78 is 4.98. The zero-order valence-electron chi connectivity index (χ0n) is 8.28. The summed E-state index contributed by atoms with van der Waals surface area (Å²) in [5, 5.41) is 0. The van der Waals surface area contributed by atoms with E-state index in [9.17, 15) is 4.79 Å². The van der Waals surface area contributed by atoms with Crippen LogP contribution in [0.1, 0.15) is 22.6 Å². The third kappa shape index (κ3) is 2.26. The minimum absolute atomic E-state index is 0.0932. The third-order valence-corrected chi connectivity index (χ3v) is 1.74. The van der Waals surface area contributed by atoms with Crippen LogP contribution in [0.3, 0.4) is 0 Å². The van der Waals surface area contributed by atoms with Gasteiger partial charge in [0, 0.05) is 12.6 Å². The first-order valence-electron chi connectivity index (χ1n) is 4.30. The van der Waals surface area contributed by atoms with Gasteiger partial charge in [-0.15, -0.1) is 0 Å². The van der Waals surface area contributed by atoms with Crippen LogP contribution in [-0.4, -0.2) is 29.4 Å². The molecule has 0 fully saturated rings. The Morgan fingerprint density at radius 3 is 2.93 bits per heavy atom. The van der Waals surface area contributed by atoms with Crippen molar-refractivity contribution in [3.05, 3.63) is 17.6 Å². The van der Waals surface area contributed by atoms with Crippen LogP contribution < -0.4 is 10.5 Å². The maximum atomic E-state index is 11.5. The predicted octanol–water partition coefficient (Wildman–Crippen LogP) is 0.325. The zero-order valence-corrected chi connectivity index (χ0v) is 8.28. The lowest BCUT2D eigenvalue weighted by molar-refractivity contribution is 0.0981. The smallest absolute Gasteiger partial charge is 0.227 e. The van der Waals surface area contributed by atoms with Crippen molar-refractivity contribution in [3.63, 3.8) is 0 Å². The zero-order chi connectivity index (χ0) is 10.6. The summed E-state index contributed by atoms with van der Waals surface area (Å²) in [6.07, 6.45) is 1.75. The van der Waals surface area contributed by atoms with Crippen molar-refractivity contribution in [1.29, 1.82) is 0 Å². The molecule has 0 radical (unpaired) electrons. The molecule has 0 aliphatic carbocycles. The molecule has 0 amide bonds. The predicted molar refractivity (Wildman–Crippen MR) is 51.3 cm³/mol. The monoisotopic (exact) mass is 195 g/mol. The van der Waals surface area contributed by atoms with Crippen molar-refractivity contribution >= 4 is 5.78 Å². The number of aryl methyl sites for hydroxylation is 1. The lowest BCUT2D eigenvalue weighted by Gasteiger charge is -2.05. The minimum atomic E-state index is -0.0932. The summed E-state index contributed by atoms with van der Waals surface area (Å²) in [4.78, 5) is 19.4. The molecule has 1 aromatic heterocycles. The fourth-order valence-corrected chi connectivity index (χ4v) is 1.06. The number of hydrogen-bond acceptors (Lipinski definition) is 5. The molecule has 0 spiro atoms. The number of ketones is 1. The Labute approximate surface area is 82.3 Å². The molecule has 0 unspecified atom stereocenters. The van der Waals surface area contributed by atoms with Crippen LogP contribution >= 0.6 is 0 Å². The molecule has 0 saturated carbocycles. The maximum absolute atomic E-state index is 11.5. The molecule has 0 saturated heterocycles. The van der Waals surface area contributed by atoms with Gasteiger partial charge >= 0.3 is 0 Å². The second kappa shape index (κ2) is 4.66. The van der Waals surface area contributed by atoms with Crippen molar-refractivity contribution in [2.75, 3.05) is 13.7 Å². The minimum Gasteiger partial charge on any atom is -0.480 e. The van der Waals surface area contributed by atoms with Gasteiger partial charge in [-0.1, -0.05) is 0 Å².